The molecule has 17 heavy (non-hydrogen) atoms. The van der Waals surface area contributed by atoms with Crippen LogP contribution in [0.25, 0.3) is 10.9 Å². The molecule has 0 spiro atoms. The van der Waals surface area contributed by atoms with E-state index >= 15 is 0 Å². The molecule has 1 aromatic heterocycles. The van der Waals surface area contributed by atoms with E-state index in [2.05, 4.69) is 22.0 Å². The lowest BCUT2D eigenvalue weighted by Crippen LogP contribution is -2.20. The molecule has 3 heteroatoms. The zero-order valence-electron chi connectivity index (χ0n) is 9.71. The van der Waals surface area contributed by atoms with E-state index < -0.39 is 0 Å². The second-order valence-corrected chi connectivity index (χ2v) is 4.63. The van der Waals surface area contributed by atoms with Crippen LogP contribution in [0.15, 0.2) is 36.5 Å². The summed E-state index contributed by atoms with van der Waals surface area (Å²) in [5.41, 5.74) is 2.28. The van der Waals surface area contributed by atoms with Gasteiger partial charge in [-0.25, -0.2) is 0 Å². The fraction of sp³-hybridized carbons (Fsp3) is 0.357. The molecule has 1 aromatic carbocycles. The maximum atomic E-state index is 9.20. The normalized spacial score (nSPS) is 20.1. The average Bonchev–Trinajstić information content (AvgIpc) is 2.87. The van der Waals surface area contributed by atoms with Crippen LogP contribution in [-0.2, 0) is 0 Å². The van der Waals surface area contributed by atoms with Crippen LogP contribution >= 0.6 is 0 Å². The number of benzene rings is 1. The molecule has 1 aliphatic rings. The highest BCUT2D eigenvalue weighted by Gasteiger charge is 2.22. The number of hydrogen-bond acceptors (Lipinski definition) is 3. The first-order chi connectivity index (χ1) is 8.38. The Morgan fingerprint density at radius 2 is 2.18 bits per heavy atom. The van der Waals surface area contributed by atoms with E-state index in [1.807, 2.05) is 24.4 Å². The standard InChI is InChI=1S/C14H16N2O/c17-10-11-6-8-16(9-11)14-5-7-15-13-4-2-1-3-12(13)14/h1-5,7,11,17H,6,8-10H2. The molecule has 3 rings (SSSR count). The summed E-state index contributed by atoms with van der Waals surface area (Å²) in [6, 6.07) is 10.3. The molecule has 1 N–H and O–H groups in total. The molecule has 1 aliphatic heterocycles. The van der Waals surface area contributed by atoms with E-state index in [-0.39, 0.29) is 0 Å². The van der Waals surface area contributed by atoms with Gasteiger partial charge in [-0.2, -0.15) is 0 Å². The van der Waals surface area contributed by atoms with E-state index in [1.165, 1.54) is 11.1 Å². The third-order valence-electron chi connectivity index (χ3n) is 3.51. The Hall–Kier alpha value is -1.61. The molecule has 2 aromatic rings. The van der Waals surface area contributed by atoms with E-state index in [0.29, 0.717) is 12.5 Å². The molecule has 3 nitrogen and oxygen atoms in total. The molecular formula is C14H16N2O. The van der Waals surface area contributed by atoms with Crippen LogP contribution in [-0.4, -0.2) is 29.8 Å². The topological polar surface area (TPSA) is 36.4 Å². The molecular weight excluding hydrogens is 212 g/mol. The lowest BCUT2D eigenvalue weighted by Gasteiger charge is -2.20. The Bertz CT molecular complexity index is 521. The summed E-state index contributed by atoms with van der Waals surface area (Å²) in [5.74, 6) is 0.418. The van der Waals surface area contributed by atoms with Gasteiger partial charge in [0.15, 0.2) is 0 Å². The van der Waals surface area contributed by atoms with Gasteiger partial charge in [0, 0.05) is 42.9 Å². The van der Waals surface area contributed by atoms with Crippen molar-refractivity contribution in [2.24, 2.45) is 5.92 Å². The van der Waals surface area contributed by atoms with Gasteiger partial charge in [0.25, 0.3) is 0 Å². The zero-order valence-corrected chi connectivity index (χ0v) is 9.71. The van der Waals surface area contributed by atoms with Crippen LogP contribution in [0, 0.1) is 5.92 Å². The first-order valence-corrected chi connectivity index (χ1v) is 6.08. The summed E-state index contributed by atoms with van der Waals surface area (Å²) in [7, 11) is 0. The molecule has 1 unspecified atom stereocenters. The smallest absolute Gasteiger partial charge is 0.0722 e. The lowest BCUT2D eigenvalue weighted by molar-refractivity contribution is 0.238. The van der Waals surface area contributed by atoms with Crippen molar-refractivity contribution in [3.63, 3.8) is 0 Å². The molecule has 0 bridgehead atoms. The largest absolute Gasteiger partial charge is 0.396 e. The van der Waals surface area contributed by atoms with Gasteiger partial charge in [-0.3, -0.25) is 4.98 Å². The number of nitrogens with zero attached hydrogens (tertiary/aromatic N) is 2. The Morgan fingerprint density at radius 1 is 1.29 bits per heavy atom. The van der Waals surface area contributed by atoms with Crippen molar-refractivity contribution >= 4 is 16.6 Å². The Morgan fingerprint density at radius 3 is 3.00 bits per heavy atom. The highest BCUT2D eigenvalue weighted by Crippen LogP contribution is 2.29. The number of anilines is 1. The summed E-state index contributed by atoms with van der Waals surface area (Å²) < 4.78 is 0. The van der Waals surface area contributed by atoms with E-state index in [0.717, 1.165) is 25.0 Å². The molecule has 0 saturated carbocycles. The monoisotopic (exact) mass is 228 g/mol. The number of aliphatic hydroxyl groups is 1. The second-order valence-electron chi connectivity index (χ2n) is 4.63. The summed E-state index contributed by atoms with van der Waals surface area (Å²) in [6.07, 6.45) is 2.94. The predicted molar refractivity (Wildman–Crippen MR) is 69.1 cm³/mol. The number of para-hydroxylation sites is 1. The number of aromatic nitrogens is 1. The molecule has 1 fully saturated rings. The van der Waals surface area contributed by atoms with Crippen LogP contribution < -0.4 is 4.90 Å². The third-order valence-corrected chi connectivity index (χ3v) is 3.51. The maximum absolute atomic E-state index is 9.20. The van der Waals surface area contributed by atoms with Gasteiger partial charge in [-0.1, -0.05) is 18.2 Å². The van der Waals surface area contributed by atoms with E-state index in [4.69, 9.17) is 0 Å². The summed E-state index contributed by atoms with van der Waals surface area (Å²) in [5, 5.41) is 10.4. The Kier molecular flexibility index (Phi) is 2.69. The minimum atomic E-state index is 0.291. The number of hydrogen-bond donors (Lipinski definition) is 1. The van der Waals surface area contributed by atoms with Crippen molar-refractivity contribution in [1.82, 2.24) is 4.98 Å². The van der Waals surface area contributed by atoms with Gasteiger partial charge in [0.05, 0.1) is 5.52 Å². The Labute approximate surface area is 101 Å². The van der Waals surface area contributed by atoms with Crippen LogP contribution in [0.5, 0.6) is 0 Å². The van der Waals surface area contributed by atoms with E-state index in [1.54, 1.807) is 0 Å². The van der Waals surface area contributed by atoms with Crippen molar-refractivity contribution < 1.29 is 5.11 Å². The van der Waals surface area contributed by atoms with Gasteiger partial charge >= 0.3 is 0 Å². The second kappa shape index (κ2) is 4.34. The molecule has 2 heterocycles. The number of pyridine rings is 1. The minimum absolute atomic E-state index is 0.291. The van der Waals surface area contributed by atoms with E-state index in [9.17, 15) is 5.11 Å². The molecule has 0 amide bonds. The molecule has 0 aliphatic carbocycles. The number of rotatable bonds is 2. The fourth-order valence-corrected chi connectivity index (χ4v) is 2.56. The average molecular weight is 228 g/mol. The van der Waals surface area contributed by atoms with Crippen LogP contribution in [0.2, 0.25) is 0 Å². The van der Waals surface area contributed by atoms with Crippen molar-refractivity contribution in [3.05, 3.63) is 36.5 Å². The zero-order chi connectivity index (χ0) is 11.7. The Balaban J connectivity index is 2.00. The van der Waals surface area contributed by atoms with Crippen molar-refractivity contribution in [3.8, 4) is 0 Å². The molecule has 88 valence electrons. The predicted octanol–water partition coefficient (Wildman–Crippen LogP) is 2.05. The van der Waals surface area contributed by atoms with Crippen LogP contribution in [0.1, 0.15) is 6.42 Å². The number of fused-ring (bicyclic) bond motifs is 1. The highest BCUT2D eigenvalue weighted by molar-refractivity contribution is 5.91. The summed E-state index contributed by atoms with van der Waals surface area (Å²) in [6.45, 7) is 2.27. The summed E-state index contributed by atoms with van der Waals surface area (Å²) in [4.78, 5) is 6.73. The van der Waals surface area contributed by atoms with Gasteiger partial charge in [0.1, 0.15) is 0 Å². The first kappa shape index (κ1) is 10.5. The van der Waals surface area contributed by atoms with Crippen molar-refractivity contribution in [2.45, 2.75) is 6.42 Å². The highest BCUT2D eigenvalue weighted by atomic mass is 16.3. The third kappa shape index (κ3) is 1.87. The maximum Gasteiger partial charge on any atom is 0.0722 e. The van der Waals surface area contributed by atoms with Gasteiger partial charge in [0.2, 0.25) is 0 Å². The molecule has 1 saturated heterocycles. The minimum Gasteiger partial charge on any atom is -0.396 e. The fourth-order valence-electron chi connectivity index (χ4n) is 2.56. The lowest BCUT2D eigenvalue weighted by atomic mass is 10.1. The first-order valence-electron chi connectivity index (χ1n) is 6.08. The van der Waals surface area contributed by atoms with Crippen molar-refractivity contribution in [1.29, 1.82) is 0 Å². The van der Waals surface area contributed by atoms with Crippen molar-refractivity contribution in [2.75, 3.05) is 24.6 Å². The van der Waals surface area contributed by atoms with Crippen LogP contribution in [0.4, 0.5) is 5.69 Å². The number of aliphatic hydroxyl groups excluding tert-OH is 1. The van der Waals surface area contributed by atoms with Gasteiger partial charge < -0.3 is 10.0 Å². The SMILES string of the molecule is OCC1CCN(c2ccnc3ccccc23)C1. The summed E-state index contributed by atoms with van der Waals surface area (Å²) >= 11 is 0. The molecule has 0 radical (unpaired) electrons. The quantitative estimate of drug-likeness (QED) is 0.854. The van der Waals surface area contributed by atoms with Gasteiger partial charge in [-0.15, -0.1) is 0 Å². The molecule has 1 atom stereocenters. The van der Waals surface area contributed by atoms with Crippen LogP contribution in [0.3, 0.4) is 0 Å². The van der Waals surface area contributed by atoms with Gasteiger partial charge in [-0.05, 0) is 18.6 Å².